The van der Waals surface area contributed by atoms with Crippen molar-refractivity contribution < 1.29 is 4.79 Å². The van der Waals surface area contributed by atoms with Gasteiger partial charge in [0.15, 0.2) is 0 Å². The zero-order chi connectivity index (χ0) is 15.6. The molecule has 3 aromatic heterocycles. The molecule has 1 aliphatic heterocycles. The molecule has 0 spiro atoms. The maximum Gasteiger partial charge on any atom is 0.228 e. The summed E-state index contributed by atoms with van der Waals surface area (Å²) in [6.07, 6.45) is 10.1. The largest absolute Gasteiger partial charge is 0.338 e. The zero-order valence-electron chi connectivity index (χ0n) is 12.9. The van der Waals surface area contributed by atoms with E-state index in [1.165, 1.54) is 0 Å². The molecule has 1 aliphatic rings. The smallest absolute Gasteiger partial charge is 0.228 e. The molecule has 0 radical (unpaired) electrons. The lowest BCUT2D eigenvalue weighted by Crippen LogP contribution is -2.39. The summed E-state index contributed by atoms with van der Waals surface area (Å²) in [6.45, 7) is 1.60. The summed E-state index contributed by atoms with van der Waals surface area (Å²) in [6, 6.07) is 8.01. The average Bonchev–Trinajstić information content (AvgIpc) is 3.27. The van der Waals surface area contributed by atoms with Crippen molar-refractivity contribution >= 4 is 11.6 Å². The molecule has 3 aromatic rings. The molecule has 6 heteroatoms. The number of fused-ring (bicyclic) bond motifs is 1. The molecule has 0 bridgehead atoms. The summed E-state index contributed by atoms with van der Waals surface area (Å²) in [5.41, 5.74) is 1.70. The van der Waals surface area contributed by atoms with Gasteiger partial charge < -0.3 is 9.30 Å². The Hall–Kier alpha value is -2.63. The number of carbonyl (C=O) groups excluding carboxylic acids is 1. The van der Waals surface area contributed by atoms with Crippen LogP contribution in [0.2, 0.25) is 0 Å². The monoisotopic (exact) mass is 309 g/mol. The Bertz CT molecular complexity index is 774. The summed E-state index contributed by atoms with van der Waals surface area (Å²) < 4.78 is 3.86. The maximum atomic E-state index is 12.7. The predicted molar refractivity (Wildman–Crippen MR) is 85.9 cm³/mol. The molecule has 4 heterocycles. The van der Waals surface area contributed by atoms with E-state index < -0.39 is 0 Å². The van der Waals surface area contributed by atoms with E-state index >= 15 is 0 Å². The molecule has 6 nitrogen and oxygen atoms in total. The van der Waals surface area contributed by atoms with E-state index in [-0.39, 0.29) is 11.9 Å². The summed E-state index contributed by atoms with van der Waals surface area (Å²) in [7, 11) is 0. The molecule has 4 rings (SSSR count). The highest BCUT2D eigenvalue weighted by molar-refractivity contribution is 5.79. The second-order valence-electron chi connectivity index (χ2n) is 5.99. The van der Waals surface area contributed by atoms with Gasteiger partial charge in [-0.25, -0.2) is 4.98 Å². The molecule has 23 heavy (non-hydrogen) atoms. The first-order chi connectivity index (χ1) is 11.3. The van der Waals surface area contributed by atoms with Crippen molar-refractivity contribution in [2.75, 3.05) is 6.54 Å². The van der Waals surface area contributed by atoms with Crippen molar-refractivity contribution in [3.05, 3.63) is 54.7 Å². The number of likely N-dealkylation sites (tertiary alicyclic amines) is 1. The van der Waals surface area contributed by atoms with Crippen molar-refractivity contribution in [1.29, 1.82) is 0 Å². The van der Waals surface area contributed by atoms with E-state index in [1.807, 2.05) is 56.8 Å². The Labute approximate surface area is 134 Å². The van der Waals surface area contributed by atoms with Crippen molar-refractivity contribution in [1.82, 2.24) is 24.1 Å². The lowest BCUT2D eigenvalue weighted by molar-refractivity contribution is -0.131. The van der Waals surface area contributed by atoms with Gasteiger partial charge in [-0.15, -0.1) is 0 Å². The highest BCUT2D eigenvalue weighted by Gasteiger charge is 2.29. The van der Waals surface area contributed by atoms with Gasteiger partial charge >= 0.3 is 0 Å². The summed E-state index contributed by atoms with van der Waals surface area (Å²) >= 11 is 0. The third-order valence-corrected chi connectivity index (χ3v) is 4.40. The van der Waals surface area contributed by atoms with Gasteiger partial charge in [0.2, 0.25) is 5.91 Å². The van der Waals surface area contributed by atoms with E-state index in [2.05, 4.69) is 10.1 Å². The van der Waals surface area contributed by atoms with Crippen molar-refractivity contribution in [3.63, 3.8) is 0 Å². The number of aromatic nitrogens is 4. The zero-order valence-corrected chi connectivity index (χ0v) is 12.9. The molecule has 0 aliphatic carbocycles. The Morgan fingerprint density at radius 2 is 2.22 bits per heavy atom. The molecule has 1 fully saturated rings. The van der Waals surface area contributed by atoms with Crippen LogP contribution in [0.25, 0.3) is 5.65 Å². The summed E-state index contributed by atoms with van der Waals surface area (Å²) in [4.78, 5) is 19.2. The van der Waals surface area contributed by atoms with Crippen molar-refractivity contribution in [3.8, 4) is 0 Å². The number of nitrogens with zero attached hydrogens (tertiary/aromatic N) is 5. The Morgan fingerprint density at radius 3 is 3.04 bits per heavy atom. The highest BCUT2D eigenvalue weighted by Crippen LogP contribution is 2.20. The van der Waals surface area contributed by atoms with E-state index in [0.717, 1.165) is 37.3 Å². The number of amides is 1. The van der Waals surface area contributed by atoms with Gasteiger partial charge in [0.05, 0.1) is 24.7 Å². The number of hydrogen-bond donors (Lipinski definition) is 0. The van der Waals surface area contributed by atoms with Gasteiger partial charge in [-0.1, -0.05) is 6.07 Å². The first-order valence-corrected chi connectivity index (χ1v) is 7.99. The van der Waals surface area contributed by atoms with Crippen LogP contribution < -0.4 is 0 Å². The van der Waals surface area contributed by atoms with Crippen LogP contribution >= 0.6 is 0 Å². The van der Waals surface area contributed by atoms with Crippen LogP contribution in [0, 0.1) is 0 Å². The number of carbonyl (C=O) groups is 1. The normalized spacial score (nSPS) is 17.9. The molecule has 118 valence electrons. The Kier molecular flexibility index (Phi) is 3.57. The van der Waals surface area contributed by atoms with Gasteiger partial charge in [-0.05, 0) is 31.0 Å². The molecule has 1 saturated heterocycles. The molecule has 0 aromatic carbocycles. The third kappa shape index (κ3) is 2.84. The molecular weight excluding hydrogens is 290 g/mol. The highest BCUT2D eigenvalue weighted by atomic mass is 16.2. The van der Waals surface area contributed by atoms with Crippen LogP contribution in [0.4, 0.5) is 0 Å². The molecule has 1 atom stereocenters. The number of imidazole rings is 1. The minimum absolute atomic E-state index is 0.156. The minimum atomic E-state index is 0.156. The van der Waals surface area contributed by atoms with E-state index in [4.69, 9.17) is 0 Å². The standard InChI is InChI=1S/C17H19N5O/c23-17(11-14-12-20-8-2-1-6-16(20)19-14)22-10-3-5-15(22)13-21-9-4-7-18-21/h1-2,4,6-9,12,15H,3,5,10-11,13H2. The number of hydrogen-bond acceptors (Lipinski definition) is 3. The number of pyridine rings is 1. The quantitative estimate of drug-likeness (QED) is 0.738. The first-order valence-electron chi connectivity index (χ1n) is 7.99. The van der Waals surface area contributed by atoms with Gasteiger partial charge in [-0.3, -0.25) is 9.48 Å². The van der Waals surface area contributed by atoms with E-state index in [0.29, 0.717) is 6.42 Å². The molecule has 0 N–H and O–H groups in total. The topological polar surface area (TPSA) is 55.4 Å². The maximum absolute atomic E-state index is 12.7. The fourth-order valence-electron chi connectivity index (χ4n) is 3.31. The summed E-state index contributed by atoms with van der Waals surface area (Å²) in [5, 5.41) is 4.25. The third-order valence-electron chi connectivity index (χ3n) is 4.40. The molecule has 0 saturated carbocycles. The fourth-order valence-corrected chi connectivity index (χ4v) is 3.31. The van der Waals surface area contributed by atoms with Gasteiger partial charge in [0, 0.05) is 31.3 Å². The number of rotatable bonds is 4. The Balaban J connectivity index is 1.47. The molecule has 1 unspecified atom stereocenters. The Morgan fingerprint density at radius 1 is 1.26 bits per heavy atom. The van der Waals surface area contributed by atoms with E-state index in [1.54, 1.807) is 6.20 Å². The van der Waals surface area contributed by atoms with Gasteiger partial charge in [0.1, 0.15) is 5.65 Å². The molecule has 1 amide bonds. The van der Waals surface area contributed by atoms with Crippen molar-refractivity contribution in [2.24, 2.45) is 0 Å². The second kappa shape index (κ2) is 5.87. The van der Waals surface area contributed by atoms with Crippen LogP contribution in [0.1, 0.15) is 18.5 Å². The molecular formula is C17H19N5O. The van der Waals surface area contributed by atoms with Gasteiger partial charge in [0.25, 0.3) is 0 Å². The first kappa shape index (κ1) is 14.0. The second-order valence-corrected chi connectivity index (χ2v) is 5.99. The van der Waals surface area contributed by atoms with Gasteiger partial charge in [-0.2, -0.15) is 5.10 Å². The fraction of sp³-hybridized carbons (Fsp3) is 0.353. The SMILES string of the molecule is O=C(Cc1cn2ccccc2n1)N1CCCC1Cn1cccn1. The minimum Gasteiger partial charge on any atom is -0.338 e. The van der Waals surface area contributed by atoms with Crippen LogP contribution in [-0.4, -0.2) is 42.6 Å². The van der Waals surface area contributed by atoms with Crippen LogP contribution in [0.3, 0.4) is 0 Å². The lowest BCUT2D eigenvalue weighted by atomic mass is 10.2. The van der Waals surface area contributed by atoms with Crippen LogP contribution in [0.15, 0.2) is 49.1 Å². The predicted octanol–water partition coefficient (Wildman–Crippen LogP) is 1.76. The average molecular weight is 309 g/mol. The van der Waals surface area contributed by atoms with Crippen molar-refractivity contribution in [2.45, 2.75) is 31.8 Å². The van der Waals surface area contributed by atoms with Crippen LogP contribution in [-0.2, 0) is 17.8 Å². The summed E-state index contributed by atoms with van der Waals surface area (Å²) in [5.74, 6) is 0.156. The van der Waals surface area contributed by atoms with Crippen LogP contribution in [0.5, 0.6) is 0 Å². The van der Waals surface area contributed by atoms with E-state index in [9.17, 15) is 4.79 Å². The lowest BCUT2D eigenvalue weighted by Gasteiger charge is -2.24.